The van der Waals surface area contributed by atoms with Gasteiger partial charge in [-0.15, -0.1) is 0 Å². The van der Waals surface area contributed by atoms with E-state index in [0.29, 0.717) is 16.5 Å². The van der Waals surface area contributed by atoms with Crippen molar-refractivity contribution in [3.05, 3.63) is 35.3 Å². The number of hydrogen-bond donors (Lipinski definition) is 3. The minimum atomic E-state index is -1.15. The molecule has 2 rings (SSSR count). The molecule has 0 spiro atoms. The number of aromatic nitrogens is 1. The summed E-state index contributed by atoms with van der Waals surface area (Å²) in [7, 11) is 0. The lowest BCUT2D eigenvalue weighted by atomic mass is 10.1. The summed E-state index contributed by atoms with van der Waals surface area (Å²) in [5.41, 5.74) is 0.853. The summed E-state index contributed by atoms with van der Waals surface area (Å²) in [5, 5.41) is 12.0. The van der Waals surface area contributed by atoms with Crippen molar-refractivity contribution in [1.82, 2.24) is 10.3 Å². The zero-order valence-electron chi connectivity index (χ0n) is 9.58. The highest BCUT2D eigenvalue weighted by Crippen LogP contribution is 2.23. The van der Waals surface area contributed by atoms with Crippen LogP contribution in [0, 0.1) is 5.82 Å². The van der Waals surface area contributed by atoms with Gasteiger partial charge in [-0.25, -0.2) is 9.18 Å². The second kappa shape index (κ2) is 4.48. The number of fused-ring (bicyclic) bond motifs is 1. The fraction of sp³-hybridized carbons (Fsp3) is 0.167. The molecule has 1 amide bonds. The fourth-order valence-electron chi connectivity index (χ4n) is 1.80. The first kappa shape index (κ1) is 12.1. The van der Waals surface area contributed by atoms with E-state index in [1.165, 1.54) is 25.1 Å². The van der Waals surface area contributed by atoms with E-state index < -0.39 is 11.8 Å². The van der Waals surface area contributed by atoms with Crippen LogP contribution < -0.4 is 5.32 Å². The summed E-state index contributed by atoms with van der Waals surface area (Å²) in [6, 6.07) is 3.95. The molecular weight excluding hydrogens is 239 g/mol. The molecule has 0 fully saturated rings. The Bertz CT molecular complexity index is 634. The first-order valence-corrected chi connectivity index (χ1v) is 5.27. The number of carbonyl (C=O) groups is 2. The number of aromatic carboxylic acids is 1. The van der Waals surface area contributed by atoms with Crippen molar-refractivity contribution in [2.75, 3.05) is 0 Å². The highest BCUT2D eigenvalue weighted by atomic mass is 19.1. The Morgan fingerprint density at radius 3 is 2.78 bits per heavy atom. The topological polar surface area (TPSA) is 82.2 Å². The van der Waals surface area contributed by atoms with Gasteiger partial charge < -0.3 is 15.4 Å². The minimum Gasteiger partial charge on any atom is -0.477 e. The molecule has 0 saturated heterocycles. The highest BCUT2D eigenvalue weighted by molar-refractivity contribution is 5.97. The van der Waals surface area contributed by atoms with Crippen molar-refractivity contribution in [1.29, 1.82) is 0 Å². The van der Waals surface area contributed by atoms with Gasteiger partial charge in [0, 0.05) is 29.9 Å². The lowest BCUT2D eigenvalue weighted by Crippen LogP contribution is -2.20. The van der Waals surface area contributed by atoms with Crippen molar-refractivity contribution >= 4 is 22.8 Å². The zero-order chi connectivity index (χ0) is 13.3. The summed E-state index contributed by atoms with van der Waals surface area (Å²) >= 11 is 0. The van der Waals surface area contributed by atoms with Gasteiger partial charge in [-0.05, 0) is 18.2 Å². The van der Waals surface area contributed by atoms with E-state index in [0.717, 1.165) is 0 Å². The second-order valence-corrected chi connectivity index (χ2v) is 3.88. The van der Waals surface area contributed by atoms with Crippen LogP contribution in [0.5, 0.6) is 0 Å². The maximum atomic E-state index is 13.2. The number of carbonyl (C=O) groups excluding carboxylic acids is 1. The number of benzene rings is 1. The van der Waals surface area contributed by atoms with Crippen LogP contribution in [0.2, 0.25) is 0 Å². The van der Waals surface area contributed by atoms with Crippen LogP contribution in [0.15, 0.2) is 18.2 Å². The van der Waals surface area contributed by atoms with E-state index in [9.17, 15) is 14.0 Å². The summed E-state index contributed by atoms with van der Waals surface area (Å²) in [5.74, 6) is -1.88. The molecule has 0 radical (unpaired) electrons. The molecule has 3 N–H and O–H groups in total. The molecule has 1 aromatic carbocycles. The molecule has 6 heteroatoms. The maximum Gasteiger partial charge on any atom is 0.352 e. The van der Waals surface area contributed by atoms with E-state index in [-0.39, 0.29) is 18.1 Å². The first-order chi connectivity index (χ1) is 8.49. The Morgan fingerprint density at radius 1 is 1.44 bits per heavy atom. The van der Waals surface area contributed by atoms with Crippen molar-refractivity contribution < 1.29 is 19.1 Å². The third-order valence-electron chi connectivity index (χ3n) is 2.60. The normalized spacial score (nSPS) is 10.6. The van der Waals surface area contributed by atoms with Crippen LogP contribution in [0.4, 0.5) is 4.39 Å². The van der Waals surface area contributed by atoms with Gasteiger partial charge in [-0.3, -0.25) is 4.79 Å². The average molecular weight is 250 g/mol. The predicted molar refractivity (Wildman–Crippen MR) is 62.7 cm³/mol. The molecule has 0 atom stereocenters. The zero-order valence-corrected chi connectivity index (χ0v) is 9.58. The first-order valence-electron chi connectivity index (χ1n) is 5.27. The third kappa shape index (κ3) is 2.17. The number of H-pyrrole nitrogens is 1. The minimum absolute atomic E-state index is 0.0376. The Hall–Kier alpha value is -2.37. The molecule has 0 saturated carbocycles. The largest absolute Gasteiger partial charge is 0.477 e. The van der Waals surface area contributed by atoms with Gasteiger partial charge in [0.15, 0.2) is 0 Å². The predicted octanol–water partition coefficient (Wildman–Crippen LogP) is 1.64. The lowest BCUT2D eigenvalue weighted by molar-refractivity contribution is -0.119. The van der Waals surface area contributed by atoms with Crippen molar-refractivity contribution in [2.45, 2.75) is 13.5 Å². The highest BCUT2D eigenvalue weighted by Gasteiger charge is 2.17. The summed E-state index contributed by atoms with van der Waals surface area (Å²) in [6.07, 6.45) is 0. The molecule has 94 valence electrons. The number of nitrogens with one attached hydrogen (secondary N) is 2. The monoisotopic (exact) mass is 250 g/mol. The van der Waals surface area contributed by atoms with Gasteiger partial charge in [0.05, 0.1) is 0 Å². The molecule has 1 aromatic heterocycles. The molecule has 5 nitrogen and oxygen atoms in total. The van der Waals surface area contributed by atoms with Crippen molar-refractivity contribution in [2.24, 2.45) is 0 Å². The van der Waals surface area contributed by atoms with Gasteiger partial charge in [-0.1, -0.05) is 0 Å². The van der Waals surface area contributed by atoms with E-state index in [2.05, 4.69) is 10.3 Å². The molecule has 0 aliphatic heterocycles. The molecule has 2 aromatic rings. The number of halogens is 1. The molecule has 0 aliphatic carbocycles. The third-order valence-corrected chi connectivity index (χ3v) is 2.60. The van der Waals surface area contributed by atoms with Crippen LogP contribution in [0.1, 0.15) is 23.0 Å². The Balaban J connectivity index is 2.57. The average Bonchev–Trinajstić information content (AvgIpc) is 2.64. The van der Waals surface area contributed by atoms with Crippen molar-refractivity contribution in [3.8, 4) is 0 Å². The lowest BCUT2D eigenvalue weighted by Gasteiger charge is -2.02. The molecule has 0 bridgehead atoms. The van der Waals surface area contributed by atoms with E-state index in [1.54, 1.807) is 0 Å². The smallest absolute Gasteiger partial charge is 0.352 e. The van der Waals surface area contributed by atoms with Gasteiger partial charge in [-0.2, -0.15) is 0 Å². The van der Waals surface area contributed by atoms with Crippen LogP contribution >= 0.6 is 0 Å². The number of rotatable bonds is 3. The molecular formula is C12H11FN2O3. The Morgan fingerprint density at radius 2 is 2.17 bits per heavy atom. The van der Waals surface area contributed by atoms with Gasteiger partial charge in [0.2, 0.25) is 5.91 Å². The number of amides is 1. The van der Waals surface area contributed by atoms with Crippen LogP contribution in [0.3, 0.4) is 0 Å². The Labute approximate surface area is 102 Å². The van der Waals surface area contributed by atoms with Crippen LogP contribution in [-0.4, -0.2) is 22.0 Å². The van der Waals surface area contributed by atoms with Crippen LogP contribution in [-0.2, 0) is 11.3 Å². The summed E-state index contributed by atoms with van der Waals surface area (Å²) in [6.45, 7) is 1.37. The molecule has 0 unspecified atom stereocenters. The van der Waals surface area contributed by atoms with Crippen molar-refractivity contribution in [3.63, 3.8) is 0 Å². The van der Waals surface area contributed by atoms with Gasteiger partial charge in [0.25, 0.3) is 0 Å². The standard InChI is InChI=1S/C12H11FN2O3/c1-6(16)14-5-9-8-4-7(13)2-3-10(8)15-11(9)12(17)18/h2-4,15H,5H2,1H3,(H,14,16)(H,17,18). The van der Waals surface area contributed by atoms with Crippen LogP contribution in [0.25, 0.3) is 10.9 Å². The molecule has 1 heterocycles. The maximum absolute atomic E-state index is 13.2. The Kier molecular flexibility index (Phi) is 3.01. The fourth-order valence-corrected chi connectivity index (χ4v) is 1.80. The quantitative estimate of drug-likeness (QED) is 0.774. The van der Waals surface area contributed by atoms with E-state index in [4.69, 9.17) is 5.11 Å². The SMILES string of the molecule is CC(=O)NCc1c(C(=O)O)[nH]c2ccc(F)cc12. The molecule has 0 aliphatic rings. The van der Waals surface area contributed by atoms with E-state index >= 15 is 0 Å². The number of hydrogen-bond acceptors (Lipinski definition) is 2. The van der Waals surface area contributed by atoms with Gasteiger partial charge >= 0.3 is 5.97 Å². The second-order valence-electron chi connectivity index (χ2n) is 3.88. The number of aromatic amines is 1. The van der Waals surface area contributed by atoms with E-state index in [1.807, 2.05) is 0 Å². The summed E-state index contributed by atoms with van der Waals surface area (Å²) in [4.78, 5) is 24.7. The number of carboxylic acids is 1. The summed E-state index contributed by atoms with van der Waals surface area (Å²) < 4.78 is 13.2. The van der Waals surface area contributed by atoms with Gasteiger partial charge in [0.1, 0.15) is 11.5 Å². The number of carboxylic acid groups (broad SMARTS) is 1. The molecule has 18 heavy (non-hydrogen) atoms.